The van der Waals surface area contributed by atoms with Crippen molar-refractivity contribution in [3.63, 3.8) is 0 Å². The maximum Gasteiger partial charge on any atom is 0.127 e. The van der Waals surface area contributed by atoms with Crippen molar-refractivity contribution in [3.8, 4) is 5.75 Å². The van der Waals surface area contributed by atoms with E-state index >= 15 is 0 Å². The van der Waals surface area contributed by atoms with Crippen LogP contribution in [0.2, 0.25) is 0 Å². The van der Waals surface area contributed by atoms with Crippen molar-refractivity contribution in [1.82, 2.24) is 4.90 Å². The fourth-order valence-electron chi connectivity index (χ4n) is 5.39. The van der Waals surface area contributed by atoms with Gasteiger partial charge in [0.05, 0.1) is 10.6 Å². The highest BCUT2D eigenvalue weighted by molar-refractivity contribution is 8.26. The maximum atomic E-state index is 11.0. The van der Waals surface area contributed by atoms with Crippen LogP contribution >= 0.6 is 10.8 Å². The summed E-state index contributed by atoms with van der Waals surface area (Å²) in [5, 5.41) is 4.43. The molecule has 4 aromatic carbocycles. The van der Waals surface area contributed by atoms with Crippen LogP contribution in [0.15, 0.2) is 83.8 Å². The average molecular weight is 475 g/mol. The van der Waals surface area contributed by atoms with Gasteiger partial charge < -0.3 is 4.74 Å². The molecule has 1 fully saturated rings. The molecular weight excluding hydrogens is 444 g/mol. The minimum atomic E-state index is -2.96. The van der Waals surface area contributed by atoms with E-state index < -0.39 is 10.8 Å². The Morgan fingerprint density at radius 3 is 2.47 bits per heavy atom. The summed E-state index contributed by atoms with van der Waals surface area (Å²) in [7, 11) is -2.96. The molecule has 0 radical (unpaired) electrons. The van der Waals surface area contributed by atoms with Crippen molar-refractivity contribution in [1.29, 1.82) is 0 Å². The van der Waals surface area contributed by atoms with Crippen LogP contribution in [0.5, 0.6) is 5.75 Å². The molecule has 2 heterocycles. The van der Waals surface area contributed by atoms with Crippen molar-refractivity contribution in [2.24, 2.45) is 0 Å². The third-order valence-electron chi connectivity index (χ3n) is 7.07. The number of ether oxygens (including phenoxy) is 1. The molecule has 6 heteroatoms. The molecule has 0 bridgehead atoms. The Labute approximate surface area is 202 Å². The van der Waals surface area contributed by atoms with E-state index in [-0.39, 0.29) is 6.10 Å². The molecule has 6 rings (SSSR count). The molecule has 1 saturated heterocycles. The van der Waals surface area contributed by atoms with E-state index in [1.807, 2.05) is 40.7 Å². The summed E-state index contributed by atoms with van der Waals surface area (Å²) in [6.07, 6.45) is 3.17. The van der Waals surface area contributed by atoms with Gasteiger partial charge in [-0.3, -0.25) is 18.3 Å². The summed E-state index contributed by atoms with van der Waals surface area (Å²) in [6, 6.07) is 26.4. The van der Waals surface area contributed by atoms with Crippen LogP contribution in [0, 0.1) is 0 Å². The predicted molar refractivity (Wildman–Crippen MR) is 141 cm³/mol. The Bertz CT molecular complexity index is 1330. The molecule has 176 valence electrons. The van der Waals surface area contributed by atoms with Gasteiger partial charge in [0, 0.05) is 30.4 Å². The van der Waals surface area contributed by atoms with Crippen molar-refractivity contribution in [2.45, 2.75) is 30.3 Å². The summed E-state index contributed by atoms with van der Waals surface area (Å²) >= 11 is 0. The summed E-state index contributed by atoms with van der Waals surface area (Å²) in [5.41, 5.74) is 0.942. The van der Waals surface area contributed by atoms with E-state index in [1.54, 1.807) is 0 Å². The van der Waals surface area contributed by atoms with Gasteiger partial charge in [0.1, 0.15) is 11.9 Å². The largest absolute Gasteiger partial charge is 0.488 e. The van der Waals surface area contributed by atoms with Gasteiger partial charge in [-0.05, 0) is 54.8 Å². The van der Waals surface area contributed by atoms with Crippen LogP contribution in [-0.2, 0) is 0 Å². The third kappa shape index (κ3) is 3.81. The standard InChI is InChI=1S/C28H30N2O3S/c31-34(32)27-15-7-11-22-10-5-13-25(28(22)27)30(34)18-4-3-17-29-19-16-23(20-29)33-26-14-6-9-21-8-1-2-12-24(21)26/h1-2,5-15,23,31-32H,3-4,16-20H2. The third-order valence-corrected chi connectivity index (χ3v) is 9.00. The number of fused-ring (bicyclic) bond motifs is 1. The average Bonchev–Trinajstić information content (AvgIpc) is 3.39. The highest BCUT2D eigenvalue weighted by Gasteiger charge is 2.35. The number of likely N-dealkylation sites (tertiary alicyclic amines) is 1. The van der Waals surface area contributed by atoms with Gasteiger partial charge in [-0.15, -0.1) is 0 Å². The van der Waals surface area contributed by atoms with Crippen molar-refractivity contribution in [2.75, 3.05) is 30.5 Å². The molecule has 0 spiro atoms. The number of rotatable bonds is 7. The number of unbranched alkanes of at least 4 members (excludes halogenated alkanes) is 1. The normalized spacial score (nSPS) is 20.3. The van der Waals surface area contributed by atoms with E-state index in [0.717, 1.165) is 61.1 Å². The van der Waals surface area contributed by atoms with E-state index in [2.05, 4.69) is 47.4 Å². The molecule has 0 aromatic heterocycles. The molecule has 4 aromatic rings. The number of hydrogen-bond donors (Lipinski definition) is 2. The van der Waals surface area contributed by atoms with Crippen molar-refractivity contribution < 1.29 is 13.8 Å². The minimum Gasteiger partial charge on any atom is -0.488 e. The Hall–Kier alpha value is -2.77. The van der Waals surface area contributed by atoms with Crippen LogP contribution < -0.4 is 9.04 Å². The Morgan fingerprint density at radius 1 is 0.824 bits per heavy atom. The molecule has 1 unspecified atom stereocenters. The Kier molecular flexibility index (Phi) is 5.62. The second-order valence-electron chi connectivity index (χ2n) is 9.27. The van der Waals surface area contributed by atoms with Gasteiger partial charge in [-0.2, -0.15) is 0 Å². The molecule has 0 amide bonds. The lowest BCUT2D eigenvalue weighted by atomic mass is 10.1. The molecule has 2 aliphatic heterocycles. The van der Waals surface area contributed by atoms with Gasteiger partial charge in [-0.1, -0.05) is 71.4 Å². The molecule has 34 heavy (non-hydrogen) atoms. The number of benzene rings is 4. The van der Waals surface area contributed by atoms with Crippen LogP contribution in [0.4, 0.5) is 5.69 Å². The molecule has 0 saturated carbocycles. The van der Waals surface area contributed by atoms with Gasteiger partial charge in [0.2, 0.25) is 0 Å². The van der Waals surface area contributed by atoms with E-state index in [0.29, 0.717) is 11.4 Å². The van der Waals surface area contributed by atoms with E-state index in [9.17, 15) is 9.11 Å². The predicted octanol–water partition coefficient (Wildman–Crippen LogP) is 6.77. The highest BCUT2D eigenvalue weighted by atomic mass is 32.3. The van der Waals surface area contributed by atoms with E-state index in [4.69, 9.17) is 4.74 Å². The molecule has 1 atom stereocenters. The summed E-state index contributed by atoms with van der Waals surface area (Å²) < 4.78 is 30.2. The van der Waals surface area contributed by atoms with Crippen LogP contribution in [0.3, 0.4) is 0 Å². The number of nitrogens with zero attached hydrogens (tertiary/aromatic N) is 2. The quantitative estimate of drug-likeness (QED) is 0.290. The smallest absolute Gasteiger partial charge is 0.127 e. The lowest BCUT2D eigenvalue weighted by Crippen LogP contribution is -2.28. The Morgan fingerprint density at radius 2 is 1.56 bits per heavy atom. The van der Waals surface area contributed by atoms with Gasteiger partial charge >= 0.3 is 0 Å². The lowest BCUT2D eigenvalue weighted by Gasteiger charge is -2.39. The zero-order chi connectivity index (χ0) is 23.1. The van der Waals surface area contributed by atoms with E-state index in [1.165, 1.54) is 10.8 Å². The molecule has 2 N–H and O–H groups in total. The fraction of sp³-hybridized carbons (Fsp3) is 0.286. The van der Waals surface area contributed by atoms with Gasteiger partial charge in [0.15, 0.2) is 0 Å². The zero-order valence-electron chi connectivity index (χ0n) is 19.1. The zero-order valence-corrected chi connectivity index (χ0v) is 20.0. The number of anilines is 1. The van der Waals surface area contributed by atoms with Crippen molar-refractivity contribution >= 4 is 38.0 Å². The minimum absolute atomic E-state index is 0.212. The van der Waals surface area contributed by atoms with Crippen LogP contribution in [-0.4, -0.2) is 46.3 Å². The van der Waals surface area contributed by atoms with Crippen LogP contribution in [0.25, 0.3) is 21.5 Å². The lowest BCUT2D eigenvalue weighted by molar-refractivity contribution is 0.202. The number of hydrogen-bond acceptors (Lipinski definition) is 5. The fourth-order valence-corrected chi connectivity index (χ4v) is 7.20. The molecule has 2 aliphatic rings. The maximum absolute atomic E-state index is 11.0. The SMILES string of the molecule is OS1(O)c2cccc3cccc(c23)N1CCCCN1CCC(Oc2cccc3ccccc23)C1. The first kappa shape index (κ1) is 21.7. The second-order valence-corrected chi connectivity index (χ2v) is 11.2. The van der Waals surface area contributed by atoms with Crippen LogP contribution in [0.1, 0.15) is 19.3 Å². The molecule has 0 aliphatic carbocycles. The first-order valence-corrected chi connectivity index (χ1v) is 13.6. The summed E-state index contributed by atoms with van der Waals surface area (Å²) in [5.74, 6) is 0.970. The first-order valence-electron chi connectivity index (χ1n) is 12.1. The monoisotopic (exact) mass is 474 g/mol. The van der Waals surface area contributed by atoms with Gasteiger partial charge in [0.25, 0.3) is 0 Å². The molecular formula is C28H30N2O3S. The molecule has 5 nitrogen and oxygen atoms in total. The first-order chi connectivity index (χ1) is 16.6. The highest BCUT2D eigenvalue weighted by Crippen LogP contribution is 2.63. The topological polar surface area (TPSA) is 56.2 Å². The summed E-state index contributed by atoms with van der Waals surface area (Å²) in [6.45, 7) is 3.62. The Balaban J connectivity index is 1.04. The summed E-state index contributed by atoms with van der Waals surface area (Å²) in [4.78, 5) is 3.13. The van der Waals surface area contributed by atoms with Crippen molar-refractivity contribution in [3.05, 3.63) is 78.9 Å². The second kappa shape index (κ2) is 8.78. The van der Waals surface area contributed by atoms with Gasteiger partial charge in [-0.25, -0.2) is 0 Å².